The number of aromatic nitrogens is 3. The van der Waals surface area contributed by atoms with Crippen molar-refractivity contribution in [2.24, 2.45) is 5.73 Å². The quantitative estimate of drug-likeness (QED) is 0.826. The largest absolute Gasteiger partial charge is 0.454 e. The van der Waals surface area contributed by atoms with Crippen LogP contribution in [0.5, 0.6) is 11.5 Å². The normalized spacial score (nSPS) is 12.9. The summed E-state index contributed by atoms with van der Waals surface area (Å²) < 4.78 is 12.7. The Morgan fingerprint density at radius 3 is 2.90 bits per heavy atom. The molecular weight excluding hydrogens is 268 g/mol. The van der Waals surface area contributed by atoms with Crippen LogP contribution in [0.1, 0.15) is 31.9 Å². The molecule has 0 radical (unpaired) electrons. The van der Waals surface area contributed by atoms with E-state index in [0.717, 1.165) is 41.4 Å². The molecule has 0 bridgehead atoms. The lowest BCUT2D eigenvalue weighted by Crippen LogP contribution is -2.05. The number of fused-ring (bicyclic) bond motifs is 1. The number of nitrogens with zero attached hydrogens (tertiary/aromatic N) is 3. The molecule has 6 nitrogen and oxygen atoms in total. The number of aryl methyl sites for hydroxylation is 1. The van der Waals surface area contributed by atoms with Gasteiger partial charge in [0, 0.05) is 18.7 Å². The number of rotatable bonds is 6. The van der Waals surface area contributed by atoms with Gasteiger partial charge < -0.3 is 15.2 Å². The van der Waals surface area contributed by atoms with Gasteiger partial charge >= 0.3 is 0 Å². The Hall–Kier alpha value is -2.08. The van der Waals surface area contributed by atoms with Crippen LogP contribution in [-0.2, 0) is 13.1 Å². The first-order valence-corrected chi connectivity index (χ1v) is 7.36. The van der Waals surface area contributed by atoms with Crippen LogP contribution in [0, 0.1) is 0 Å². The summed E-state index contributed by atoms with van der Waals surface area (Å²) in [6.45, 7) is 3.68. The van der Waals surface area contributed by atoms with E-state index in [9.17, 15) is 0 Å². The van der Waals surface area contributed by atoms with Crippen LogP contribution in [0.3, 0.4) is 0 Å². The zero-order valence-corrected chi connectivity index (χ0v) is 12.2. The molecule has 21 heavy (non-hydrogen) atoms. The first kappa shape index (κ1) is 13.9. The number of benzene rings is 1. The van der Waals surface area contributed by atoms with Gasteiger partial charge in [-0.2, -0.15) is 0 Å². The van der Waals surface area contributed by atoms with Crippen LogP contribution in [0.25, 0.3) is 11.3 Å². The molecule has 112 valence electrons. The average Bonchev–Trinajstić information content (AvgIpc) is 3.12. The Morgan fingerprint density at radius 1 is 1.24 bits per heavy atom. The molecule has 2 aromatic rings. The van der Waals surface area contributed by atoms with Crippen LogP contribution in [0.4, 0.5) is 0 Å². The van der Waals surface area contributed by atoms with Crippen molar-refractivity contribution in [2.45, 2.75) is 39.3 Å². The first-order chi connectivity index (χ1) is 10.3. The van der Waals surface area contributed by atoms with Gasteiger partial charge in [0.2, 0.25) is 6.79 Å². The third kappa shape index (κ3) is 2.71. The second-order valence-corrected chi connectivity index (χ2v) is 5.09. The van der Waals surface area contributed by atoms with Crippen LogP contribution in [0.15, 0.2) is 18.2 Å². The number of hydrogen-bond acceptors (Lipinski definition) is 5. The van der Waals surface area contributed by atoms with E-state index < -0.39 is 0 Å². The van der Waals surface area contributed by atoms with E-state index in [1.54, 1.807) is 0 Å². The van der Waals surface area contributed by atoms with Crippen molar-refractivity contribution in [3.05, 3.63) is 23.9 Å². The zero-order chi connectivity index (χ0) is 14.7. The predicted molar refractivity (Wildman–Crippen MR) is 79.0 cm³/mol. The first-order valence-electron chi connectivity index (χ1n) is 7.36. The second kappa shape index (κ2) is 6.13. The van der Waals surface area contributed by atoms with E-state index in [-0.39, 0.29) is 6.79 Å². The predicted octanol–water partition coefficient (Wildman–Crippen LogP) is 2.32. The Bertz CT molecular complexity index is 624. The Morgan fingerprint density at radius 2 is 2.10 bits per heavy atom. The highest BCUT2D eigenvalue weighted by atomic mass is 16.7. The van der Waals surface area contributed by atoms with E-state index in [2.05, 4.69) is 17.2 Å². The van der Waals surface area contributed by atoms with Gasteiger partial charge in [0.1, 0.15) is 5.69 Å². The molecule has 0 unspecified atom stereocenters. The molecule has 1 aliphatic rings. The minimum absolute atomic E-state index is 0.274. The Balaban J connectivity index is 1.94. The van der Waals surface area contributed by atoms with E-state index >= 15 is 0 Å². The smallest absolute Gasteiger partial charge is 0.231 e. The van der Waals surface area contributed by atoms with Crippen molar-refractivity contribution in [2.75, 3.05) is 6.79 Å². The maximum atomic E-state index is 5.80. The summed E-state index contributed by atoms with van der Waals surface area (Å²) in [7, 11) is 0. The lowest BCUT2D eigenvalue weighted by molar-refractivity contribution is 0.174. The molecule has 2 heterocycles. The molecule has 2 N–H and O–H groups in total. The van der Waals surface area contributed by atoms with Gasteiger partial charge in [0.25, 0.3) is 0 Å². The molecule has 0 spiro atoms. The fourth-order valence-corrected chi connectivity index (χ4v) is 2.51. The number of unbranched alkanes of at least 4 members (excludes halogenated alkanes) is 2. The molecule has 0 saturated carbocycles. The molecular formula is C15H20N4O2. The number of nitrogens with two attached hydrogens (primary N) is 1. The monoisotopic (exact) mass is 288 g/mol. The third-order valence-electron chi connectivity index (χ3n) is 3.62. The number of hydrogen-bond donors (Lipinski definition) is 1. The topological polar surface area (TPSA) is 75.2 Å². The van der Waals surface area contributed by atoms with Crippen LogP contribution in [0.2, 0.25) is 0 Å². The third-order valence-corrected chi connectivity index (χ3v) is 3.62. The average molecular weight is 288 g/mol. The summed E-state index contributed by atoms with van der Waals surface area (Å²) in [5.41, 5.74) is 8.60. The van der Waals surface area contributed by atoms with Gasteiger partial charge in [-0.1, -0.05) is 25.0 Å². The van der Waals surface area contributed by atoms with Crippen molar-refractivity contribution < 1.29 is 9.47 Å². The highest BCUT2D eigenvalue weighted by Gasteiger charge is 2.18. The van der Waals surface area contributed by atoms with E-state index in [1.807, 2.05) is 22.9 Å². The summed E-state index contributed by atoms with van der Waals surface area (Å²) in [5, 5.41) is 8.44. The molecule has 0 amide bonds. The van der Waals surface area contributed by atoms with Crippen molar-refractivity contribution in [3.63, 3.8) is 0 Å². The van der Waals surface area contributed by atoms with E-state index in [1.165, 1.54) is 12.8 Å². The van der Waals surface area contributed by atoms with Gasteiger partial charge in [0.05, 0.1) is 5.69 Å². The summed E-state index contributed by atoms with van der Waals surface area (Å²) >= 11 is 0. The van der Waals surface area contributed by atoms with Gasteiger partial charge in [-0.3, -0.25) is 0 Å². The molecule has 1 aliphatic heterocycles. The van der Waals surface area contributed by atoms with E-state index in [0.29, 0.717) is 6.54 Å². The molecule has 6 heteroatoms. The SMILES string of the molecule is CCCCCn1nnc(CN)c1-c1ccc2c(c1)OCO2. The van der Waals surface area contributed by atoms with Gasteiger partial charge in [-0.15, -0.1) is 5.10 Å². The maximum absolute atomic E-state index is 5.80. The molecule has 1 aromatic heterocycles. The lowest BCUT2D eigenvalue weighted by Gasteiger charge is -2.08. The molecule has 0 fully saturated rings. The molecule has 3 rings (SSSR count). The van der Waals surface area contributed by atoms with Gasteiger partial charge in [-0.05, 0) is 24.6 Å². The zero-order valence-electron chi connectivity index (χ0n) is 12.2. The summed E-state index contributed by atoms with van der Waals surface area (Å²) in [6, 6.07) is 5.89. The standard InChI is InChI=1S/C15H20N4O2/c1-2-3-4-7-19-15(12(9-16)17-18-19)11-5-6-13-14(8-11)21-10-20-13/h5-6,8H,2-4,7,9-10,16H2,1H3. The van der Waals surface area contributed by atoms with Crippen LogP contribution >= 0.6 is 0 Å². The summed E-state index contributed by atoms with van der Waals surface area (Å²) in [6.07, 6.45) is 3.44. The molecule has 0 saturated heterocycles. The van der Waals surface area contributed by atoms with Crippen molar-refractivity contribution >= 4 is 0 Å². The second-order valence-electron chi connectivity index (χ2n) is 5.09. The summed E-state index contributed by atoms with van der Waals surface area (Å²) in [4.78, 5) is 0. The van der Waals surface area contributed by atoms with Crippen molar-refractivity contribution in [3.8, 4) is 22.8 Å². The number of ether oxygens (including phenoxy) is 2. The van der Waals surface area contributed by atoms with Gasteiger partial charge in [-0.25, -0.2) is 4.68 Å². The molecule has 1 aromatic carbocycles. The van der Waals surface area contributed by atoms with Gasteiger partial charge in [0.15, 0.2) is 11.5 Å². The fourth-order valence-electron chi connectivity index (χ4n) is 2.51. The Labute approximate surface area is 123 Å². The highest BCUT2D eigenvalue weighted by Crippen LogP contribution is 2.36. The van der Waals surface area contributed by atoms with Crippen LogP contribution < -0.4 is 15.2 Å². The lowest BCUT2D eigenvalue weighted by atomic mass is 10.1. The van der Waals surface area contributed by atoms with Crippen molar-refractivity contribution in [1.82, 2.24) is 15.0 Å². The van der Waals surface area contributed by atoms with Crippen LogP contribution in [-0.4, -0.2) is 21.8 Å². The van der Waals surface area contributed by atoms with Crippen molar-refractivity contribution in [1.29, 1.82) is 0 Å². The van der Waals surface area contributed by atoms with E-state index in [4.69, 9.17) is 15.2 Å². The highest BCUT2D eigenvalue weighted by molar-refractivity contribution is 5.66. The molecule has 0 aliphatic carbocycles. The summed E-state index contributed by atoms with van der Waals surface area (Å²) in [5.74, 6) is 1.54. The Kier molecular flexibility index (Phi) is 4.06. The fraction of sp³-hybridized carbons (Fsp3) is 0.467. The minimum atomic E-state index is 0.274. The minimum Gasteiger partial charge on any atom is -0.454 e. The molecule has 0 atom stereocenters. The maximum Gasteiger partial charge on any atom is 0.231 e.